The van der Waals surface area contributed by atoms with E-state index in [-0.39, 0.29) is 23.8 Å². The van der Waals surface area contributed by atoms with E-state index in [0.717, 1.165) is 0 Å². The van der Waals surface area contributed by atoms with Crippen LogP contribution in [0.2, 0.25) is 0 Å². The highest BCUT2D eigenvalue weighted by molar-refractivity contribution is 7.86. The van der Waals surface area contributed by atoms with E-state index in [4.69, 9.17) is 0 Å². The van der Waals surface area contributed by atoms with Crippen LogP contribution in [0.3, 0.4) is 0 Å². The fourth-order valence-corrected chi connectivity index (χ4v) is 3.39. The van der Waals surface area contributed by atoms with Crippen LogP contribution in [0.15, 0.2) is 41.3 Å². The molecule has 0 saturated carbocycles. The molecule has 1 aliphatic heterocycles. The number of carbonyl (C=O) groups excluding carboxylic acids is 1. The molecule has 1 heterocycles. The molecule has 23 heavy (non-hydrogen) atoms. The lowest BCUT2D eigenvalue weighted by molar-refractivity contribution is -0.117. The van der Waals surface area contributed by atoms with E-state index < -0.39 is 22.3 Å². The molecule has 2 atom stereocenters. The number of anilines is 1. The van der Waals surface area contributed by atoms with Crippen LogP contribution in [0.5, 0.6) is 0 Å². The lowest BCUT2D eigenvalue weighted by Gasteiger charge is -2.12. The van der Waals surface area contributed by atoms with E-state index in [0.29, 0.717) is 16.5 Å². The third kappa shape index (κ3) is 3.34. The summed E-state index contributed by atoms with van der Waals surface area (Å²) in [4.78, 5) is 11.9. The maximum absolute atomic E-state index is 13.1. The van der Waals surface area contributed by atoms with Crippen molar-refractivity contribution in [1.82, 2.24) is 5.32 Å². The number of halogens is 1. The van der Waals surface area contributed by atoms with E-state index in [1.807, 2.05) is 0 Å². The minimum absolute atomic E-state index is 0.131. The van der Waals surface area contributed by atoms with Gasteiger partial charge in [0.15, 0.2) is 0 Å². The number of hydrogen-bond acceptors (Lipinski definition) is 4. The van der Waals surface area contributed by atoms with E-state index in [2.05, 4.69) is 10.6 Å². The molecule has 2 aromatic carbocycles. The molecule has 0 unspecified atom stereocenters. The highest BCUT2D eigenvalue weighted by atomic mass is 32.2. The molecule has 0 aliphatic carbocycles. The summed E-state index contributed by atoms with van der Waals surface area (Å²) < 4.78 is 45.1. The number of carbonyl (C=O) groups is 1. The second-order valence-electron chi connectivity index (χ2n) is 5.45. The van der Waals surface area contributed by atoms with Gasteiger partial charge in [-0.2, -0.15) is 8.42 Å². The van der Waals surface area contributed by atoms with Gasteiger partial charge in [-0.25, -0.2) is 4.39 Å². The summed E-state index contributed by atoms with van der Waals surface area (Å²) in [7, 11) is -4.32. The van der Waals surface area contributed by atoms with Gasteiger partial charge in [-0.05, 0) is 23.6 Å². The Kier molecular flexibility index (Phi) is 4.05. The number of fused-ring (bicyclic) bond motifs is 1. The first-order chi connectivity index (χ1) is 10.8. The molecule has 8 heteroatoms. The Morgan fingerprint density at radius 3 is 2.74 bits per heavy atom. The van der Waals surface area contributed by atoms with Crippen LogP contribution < -0.4 is 10.6 Å². The number of rotatable bonds is 3. The van der Waals surface area contributed by atoms with Crippen LogP contribution in [-0.4, -0.2) is 37.6 Å². The predicted molar refractivity (Wildman–Crippen MR) is 83.7 cm³/mol. The minimum atomic E-state index is -4.32. The van der Waals surface area contributed by atoms with Crippen LogP contribution in [-0.2, 0) is 14.9 Å². The largest absolute Gasteiger partial charge is 0.325 e. The molecule has 122 valence electrons. The van der Waals surface area contributed by atoms with Gasteiger partial charge >= 0.3 is 0 Å². The quantitative estimate of drug-likeness (QED) is 0.741. The van der Waals surface area contributed by atoms with Crippen molar-refractivity contribution in [2.45, 2.75) is 23.5 Å². The molecule has 0 aromatic heterocycles. The lowest BCUT2D eigenvalue weighted by atomic mass is 10.1. The minimum Gasteiger partial charge on any atom is -0.325 e. The van der Waals surface area contributed by atoms with Crippen LogP contribution in [0.4, 0.5) is 10.1 Å². The van der Waals surface area contributed by atoms with Gasteiger partial charge in [0.25, 0.3) is 10.1 Å². The van der Waals surface area contributed by atoms with Gasteiger partial charge in [0.05, 0.1) is 6.04 Å². The van der Waals surface area contributed by atoms with Crippen LogP contribution in [0.25, 0.3) is 10.8 Å². The Balaban J connectivity index is 1.88. The first kappa shape index (κ1) is 15.9. The molecule has 1 fully saturated rings. The second-order valence-corrected chi connectivity index (χ2v) is 6.84. The summed E-state index contributed by atoms with van der Waals surface area (Å²) in [6, 6.07) is 8.55. The molecule has 6 nitrogen and oxygen atoms in total. The summed E-state index contributed by atoms with van der Waals surface area (Å²) in [5.74, 6) is -0.338. The first-order valence-corrected chi connectivity index (χ1v) is 8.47. The van der Waals surface area contributed by atoms with E-state index in [1.165, 1.54) is 24.3 Å². The molecule has 0 bridgehead atoms. The zero-order chi connectivity index (χ0) is 16.6. The van der Waals surface area contributed by atoms with Crippen molar-refractivity contribution >= 4 is 32.5 Å². The summed E-state index contributed by atoms with van der Waals surface area (Å²) in [6.45, 7) is 0.160. The molecule has 0 spiro atoms. The van der Waals surface area contributed by atoms with E-state index in [1.54, 1.807) is 12.1 Å². The van der Waals surface area contributed by atoms with Crippen LogP contribution in [0, 0.1) is 0 Å². The predicted octanol–water partition coefficient (Wildman–Crippen LogP) is 1.73. The number of benzene rings is 2. The SMILES string of the molecule is O=C(Nc1ccc2c(S(=O)(=O)O)cccc2c1)[C@@H]1C[C@@H](F)CN1. The number of alkyl halides is 1. The average Bonchev–Trinajstić information content (AvgIpc) is 2.92. The normalized spacial score (nSPS) is 21.5. The summed E-state index contributed by atoms with van der Waals surface area (Å²) >= 11 is 0. The highest BCUT2D eigenvalue weighted by Crippen LogP contribution is 2.26. The Hall–Kier alpha value is -2.03. The maximum Gasteiger partial charge on any atom is 0.295 e. The number of amides is 1. The average molecular weight is 338 g/mol. The van der Waals surface area contributed by atoms with Crippen molar-refractivity contribution < 1.29 is 22.2 Å². The fourth-order valence-electron chi connectivity index (χ4n) is 2.68. The van der Waals surface area contributed by atoms with Gasteiger partial charge in [-0.15, -0.1) is 0 Å². The van der Waals surface area contributed by atoms with Crippen molar-refractivity contribution in [3.63, 3.8) is 0 Å². The monoisotopic (exact) mass is 338 g/mol. The standard InChI is InChI=1S/C15H15FN2O4S/c16-10-7-13(17-8-10)15(19)18-11-4-5-12-9(6-11)2-1-3-14(12)23(20,21)22/h1-6,10,13,17H,7-8H2,(H,18,19)(H,20,21,22)/t10-,13+/m1/s1. The second kappa shape index (κ2) is 5.88. The molecule has 1 saturated heterocycles. The Morgan fingerprint density at radius 2 is 2.09 bits per heavy atom. The van der Waals surface area contributed by atoms with Crippen LogP contribution >= 0.6 is 0 Å². The molecule has 3 N–H and O–H groups in total. The van der Waals surface area contributed by atoms with Gasteiger partial charge in [-0.1, -0.05) is 18.2 Å². The smallest absolute Gasteiger partial charge is 0.295 e. The molecule has 2 aromatic rings. The third-order valence-electron chi connectivity index (χ3n) is 3.78. The summed E-state index contributed by atoms with van der Waals surface area (Å²) in [5.41, 5.74) is 0.471. The number of nitrogens with one attached hydrogen (secondary N) is 2. The van der Waals surface area contributed by atoms with Gasteiger partial charge in [-0.3, -0.25) is 9.35 Å². The molecular weight excluding hydrogens is 323 g/mol. The van der Waals surface area contributed by atoms with Crippen molar-refractivity contribution in [3.8, 4) is 0 Å². The third-order valence-corrected chi connectivity index (χ3v) is 4.69. The van der Waals surface area contributed by atoms with Gasteiger partial charge in [0, 0.05) is 24.0 Å². The topological polar surface area (TPSA) is 95.5 Å². The summed E-state index contributed by atoms with van der Waals surface area (Å²) in [5, 5.41) is 6.38. The summed E-state index contributed by atoms with van der Waals surface area (Å²) in [6.07, 6.45) is -0.897. The number of hydrogen-bond donors (Lipinski definition) is 3. The molecular formula is C15H15FN2O4S. The van der Waals surface area contributed by atoms with Gasteiger partial charge < -0.3 is 10.6 Å². The van der Waals surface area contributed by atoms with Gasteiger partial charge in [0.1, 0.15) is 11.1 Å². The zero-order valence-electron chi connectivity index (χ0n) is 12.0. The Labute approximate surface area is 132 Å². The maximum atomic E-state index is 13.1. The van der Waals surface area contributed by atoms with Gasteiger partial charge in [0.2, 0.25) is 5.91 Å². The van der Waals surface area contributed by atoms with Crippen molar-refractivity contribution in [2.75, 3.05) is 11.9 Å². The van der Waals surface area contributed by atoms with Crippen molar-refractivity contribution in [2.24, 2.45) is 0 Å². The van der Waals surface area contributed by atoms with Crippen LogP contribution in [0.1, 0.15) is 6.42 Å². The molecule has 0 radical (unpaired) electrons. The van der Waals surface area contributed by atoms with E-state index >= 15 is 0 Å². The van der Waals surface area contributed by atoms with Crippen molar-refractivity contribution in [3.05, 3.63) is 36.4 Å². The van der Waals surface area contributed by atoms with Crippen molar-refractivity contribution in [1.29, 1.82) is 0 Å². The first-order valence-electron chi connectivity index (χ1n) is 7.03. The Bertz CT molecular complexity index is 869. The molecule has 3 rings (SSSR count). The Morgan fingerprint density at radius 1 is 1.30 bits per heavy atom. The highest BCUT2D eigenvalue weighted by Gasteiger charge is 2.29. The molecule has 1 amide bonds. The lowest BCUT2D eigenvalue weighted by Crippen LogP contribution is -2.35. The fraction of sp³-hybridized carbons (Fsp3) is 0.267. The van der Waals surface area contributed by atoms with E-state index in [9.17, 15) is 22.2 Å². The zero-order valence-corrected chi connectivity index (χ0v) is 12.8. The molecule has 1 aliphatic rings.